The quantitative estimate of drug-likeness (QED) is 0.879. The Morgan fingerprint density at radius 1 is 1.22 bits per heavy atom. The van der Waals surface area contributed by atoms with Crippen LogP contribution in [0.15, 0.2) is 24.3 Å². The monoisotopic (exact) mass is 262 g/mol. The zero-order valence-electron chi connectivity index (χ0n) is 10.4. The third-order valence-electron chi connectivity index (χ3n) is 2.79. The van der Waals surface area contributed by atoms with E-state index in [-0.39, 0.29) is 11.7 Å². The van der Waals surface area contributed by atoms with Crippen LogP contribution in [0.4, 0.5) is 13.2 Å². The number of aliphatic hydroxyl groups is 1. The molecule has 0 heterocycles. The first-order valence-corrected chi connectivity index (χ1v) is 5.84. The Morgan fingerprint density at radius 2 is 1.78 bits per heavy atom. The van der Waals surface area contributed by atoms with Crippen LogP contribution in [0.5, 0.6) is 5.75 Å². The van der Waals surface area contributed by atoms with Crippen molar-refractivity contribution in [3.8, 4) is 5.75 Å². The van der Waals surface area contributed by atoms with E-state index in [1.807, 2.05) is 13.8 Å². The topological polar surface area (TPSA) is 29.5 Å². The highest BCUT2D eigenvalue weighted by atomic mass is 19.4. The molecule has 0 aromatic heterocycles. The van der Waals surface area contributed by atoms with E-state index in [2.05, 4.69) is 4.74 Å². The highest BCUT2D eigenvalue weighted by Crippen LogP contribution is 2.23. The van der Waals surface area contributed by atoms with Gasteiger partial charge in [-0.25, -0.2) is 0 Å². The summed E-state index contributed by atoms with van der Waals surface area (Å²) >= 11 is 0. The van der Waals surface area contributed by atoms with Gasteiger partial charge in [-0.05, 0) is 36.5 Å². The smallest absolute Gasteiger partial charge is 0.406 e. The number of alkyl halides is 3. The first-order chi connectivity index (χ1) is 8.31. The van der Waals surface area contributed by atoms with Gasteiger partial charge in [0.2, 0.25) is 0 Å². The molecule has 0 fully saturated rings. The van der Waals surface area contributed by atoms with Gasteiger partial charge in [-0.15, -0.1) is 13.2 Å². The lowest BCUT2D eigenvalue weighted by molar-refractivity contribution is -0.274. The standard InChI is InChI=1S/C13H17F3O2/c1-3-12(17)9(2)8-10-4-6-11(7-5-10)18-13(14,15)16/h4-7,9,12,17H,3,8H2,1-2H3. The van der Waals surface area contributed by atoms with Crippen molar-refractivity contribution in [1.29, 1.82) is 0 Å². The molecular formula is C13H17F3O2. The van der Waals surface area contributed by atoms with Crippen LogP contribution in [0.1, 0.15) is 25.8 Å². The summed E-state index contributed by atoms with van der Waals surface area (Å²) in [7, 11) is 0. The maximum absolute atomic E-state index is 11.9. The molecule has 1 aromatic carbocycles. The molecule has 0 saturated heterocycles. The van der Waals surface area contributed by atoms with Crippen LogP contribution in [0.2, 0.25) is 0 Å². The Hall–Kier alpha value is -1.23. The normalized spacial score (nSPS) is 15.2. The Morgan fingerprint density at radius 3 is 2.22 bits per heavy atom. The van der Waals surface area contributed by atoms with Crippen molar-refractivity contribution < 1.29 is 23.0 Å². The molecule has 0 spiro atoms. The Bertz CT molecular complexity index is 359. The lowest BCUT2D eigenvalue weighted by atomic mass is 9.94. The van der Waals surface area contributed by atoms with Crippen LogP contribution in [0, 0.1) is 5.92 Å². The fraction of sp³-hybridized carbons (Fsp3) is 0.538. The van der Waals surface area contributed by atoms with E-state index in [1.165, 1.54) is 12.1 Å². The van der Waals surface area contributed by atoms with Crippen molar-refractivity contribution in [1.82, 2.24) is 0 Å². The molecule has 2 unspecified atom stereocenters. The van der Waals surface area contributed by atoms with E-state index in [9.17, 15) is 18.3 Å². The number of ether oxygens (including phenoxy) is 1. The SMILES string of the molecule is CCC(O)C(C)Cc1ccc(OC(F)(F)F)cc1. The largest absolute Gasteiger partial charge is 0.573 e. The third kappa shape index (κ3) is 4.96. The van der Waals surface area contributed by atoms with Crippen molar-refractivity contribution in [3.63, 3.8) is 0 Å². The zero-order chi connectivity index (χ0) is 13.8. The molecule has 0 amide bonds. The molecule has 0 bridgehead atoms. The minimum Gasteiger partial charge on any atom is -0.406 e. The highest BCUT2D eigenvalue weighted by molar-refractivity contribution is 5.27. The summed E-state index contributed by atoms with van der Waals surface area (Å²) in [4.78, 5) is 0. The first-order valence-electron chi connectivity index (χ1n) is 5.84. The maximum atomic E-state index is 11.9. The van der Waals surface area contributed by atoms with Gasteiger partial charge in [0, 0.05) is 0 Å². The molecular weight excluding hydrogens is 245 g/mol. The van der Waals surface area contributed by atoms with Gasteiger partial charge in [-0.1, -0.05) is 26.0 Å². The molecule has 102 valence electrons. The van der Waals surface area contributed by atoms with Crippen LogP contribution in [0.3, 0.4) is 0 Å². The number of rotatable bonds is 5. The predicted octanol–water partition coefficient (Wildman–Crippen LogP) is 3.53. The minimum absolute atomic E-state index is 0.0735. The molecule has 1 aromatic rings. The van der Waals surface area contributed by atoms with Crippen LogP contribution in [-0.4, -0.2) is 17.6 Å². The van der Waals surface area contributed by atoms with E-state index in [0.29, 0.717) is 12.8 Å². The highest BCUT2D eigenvalue weighted by Gasteiger charge is 2.30. The molecule has 0 aliphatic rings. The van der Waals surface area contributed by atoms with Gasteiger partial charge < -0.3 is 9.84 Å². The lowest BCUT2D eigenvalue weighted by Crippen LogP contribution is -2.19. The molecule has 2 atom stereocenters. The van der Waals surface area contributed by atoms with Crippen LogP contribution >= 0.6 is 0 Å². The summed E-state index contributed by atoms with van der Waals surface area (Å²) in [6.07, 6.45) is -3.76. The number of hydrogen-bond acceptors (Lipinski definition) is 2. The van der Waals surface area contributed by atoms with Gasteiger partial charge in [-0.2, -0.15) is 0 Å². The molecule has 0 radical (unpaired) electrons. The molecule has 18 heavy (non-hydrogen) atoms. The number of halogens is 3. The van der Waals surface area contributed by atoms with Gasteiger partial charge >= 0.3 is 6.36 Å². The number of hydrogen-bond donors (Lipinski definition) is 1. The maximum Gasteiger partial charge on any atom is 0.573 e. The Balaban J connectivity index is 2.60. The summed E-state index contributed by atoms with van der Waals surface area (Å²) in [5, 5.41) is 9.62. The summed E-state index contributed by atoms with van der Waals surface area (Å²) in [5.74, 6) is -0.153. The van der Waals surface area contributed by atoms with E-state index in [4.69, 9.17) is 0 Å². The van der Waals surface area contributed by atoms with Gasteiger partial charge in [0.15, 0.2) is 0 Å². The summed E-state index contributed by atoms with van der Waals surface area (Å²) < 4.78 is 39.6. The van der Waals surface area contributed by atoms with E-state index in [1.54, 1.807) is 12.1 Å². The average Bonchev–Trinajstić information content (AvgIpc) is 2.28. The second-order valence-corrected chi connectivity index (χ2v) is 4.35. The van der Waals surface area contributed by atoms with E-state index < -0.39 is 12.5 Å². The molecule has 0 aliphatic heterocycles. The molecule has 1 N–H and O–H groups in total. The Kier molecular flexibility index (Phi) is 5.02. The van der Waals surface area contributed by atoms with E-state index >= 15 is 0 Å². The van der Waals surface area contributed by atoms with Crippen molar-refractivity contribution in [2.24, 2.45) is 5.92 Å². The van der Waals surface area contributed by atoms with Gasteiger partial charge in [0.25, 0.3) is 0 Å². The van der Waals surface area contributed by atoms with Crippen LogP contribution in [-0.2, 0) is 6.42 Å². The van der Waals surface area contributed by atoms with Crippen LogP contribution in [0.25, 0.3) is 0 Å². The van der Waals surface area contributed by atoms with E-state index in [0.717, 1.165) is 5.56 Å². The molecule has 1 rings (SSSR count). The third-order valence-corrected chi connectivity index (χ3v) is 2.79. The molecule has 0 saturated carbocycles. The van der Waals surface area contributed by atoms with Gasteiger partial charge in [-0.3, -0.25) is 0 Å². The minimum atomic E-state index is -4.66. The predicted molar refractivity (Wildman–Crippen MR) is 62.3 cm³/mol. The fourth-order valence-electron chi connectivity index (χ4n) is 1.74. The van der Waals surface area contributed by atoms with Crippen molar-refractivity contribution in [2.75, 3.05) is 0 Å². The summed E-state index contributed by atoms with van der Waals surface area (Å²) in [6.45, 7) is 3.80. The van der Waals surface area contributed by atoms with Crippen molar-refractivity contribution >= 4 is 0 Å². The first kappa shape index (κ1) is 14.8. The summed E-state index contributed by atoms with van der Waals surface area (Å²) in [6, 6.07) is 5.74. The van der Waals surface area contributed by atoms with Crippen LogP contribution < -0.4 is 4.74 Å². The molecule has 5 heteroatoms. The number of aliphatic hydroxyl groups excluding tert-OH is 1. The second-order valence-electron chi connectivity index (χ2n) is 4.35. The Labute approximate surface area is 104 Å². The second kappa shape index (κ2) is 6.09. The van der Waals surface area contributed by atoms with Crippen molar-refractivity contribution in [2.45, 2.75) is 39.2 Å². The fourth-order valence-corrected chi connectivity index (χ4v) is 1.74. The van der Waals surface area contributed by atoms with Crippen molar-refractivity contribution in [3.05, 3.63) is 29.8 Å². The van der Waals surface area contributed by atoms with Gasteiger partial charge in [0.05, 0.1) is 6.10 Å². The molecule has 0 aliphatic carbocycles. The average molecular weight is 262 g/mol. The lowest BCUT2D eigenvalue weighted by Gasteiger charge is -2.17. The zero-order valence-corrected chi connectivity index (χ0v) is 10.4. The van der Waals surface area contributed by atoms with Gasteiger partial charge in [0.1, 0.15) is 5.75 Å². The molecule has 2 nitrogen and oxygen atoms in total. The summed E-state index contributed by atoms with van der Waals surface area (Å²) in [5.41, 5.74) is 0.879. The number of benzene rings is 1.